The van der Waals surface area contributed by atoms with E-state index >= 15 is 0 Å². The fourth-order valence-corrected chi connectivity index (χ4v) is 5.81. The summed E-state index contributed by atoms with van der Waals surface area (Å²) >= 11 is 0. The average molecular weight is 514 g/mol. The molecular weight excluding hydrogens is 474 g/mol. The highest BCUT2D eigenvalue weighted by Crippen LogP contribution is 2.21. The summed E-state index contributed by atoms with van der Waals surface area (Å²) in [6, 6.07) is 18.2. The number of carbonyl (C=O) groups is 2. The van der Waals surface area contributed by atoms with Crippen molar-refractivity contribution in [2.24, 2.45) is 0 Å². The van der Waals surface area contributed by atoms with Crippen molar-refractivity contribution in [1.82, 2.24) is 10.2 Å². The Morgan fingerprint density at radius 3 is 2.17 bits per heavy atom. The van der Waals surface area contributed by atoms with Crippen molar-refractivity contribution in [2.45, 2.75) is 76.9 Å². The second-order valence-corrected chi connectivity index (χ2v) is 11.5. The number of para-hydroxylation sites is 1. The zero-order valence-corrected chi connectivity index (χ0v) is 22.3. The molecular formula is C28H39N3O4S. The largest absolute Gasteiger partial charge is 0.352 e. The second-order valence-electron chi connectivity index (χ2n) is 9.55. The molecule has 1 aliphatic rings. The van der Waals surface area contributed by atoms with Crippen LogP contribution in [0.3, 0.4) is 0 Å². The van der Waals surface area contributed by atoms with Gasteiger partial charge in [0, 0.05) is 25.6 Å². The van der Waals surface area contributed by atoms with Crippen LogP contribution >= 0.6 is 0 Å². The third-order valence-corrected chi connectivity index (χ3v) is 7.92. The molecule has 3 rings (SSSR count). The molecule has 1 aliphatic carbocycles. The van der Waals surface area contributed by atoms with Crippen LogP contribution in [0.5, 0.6) is 0 Å². The van der Waals surface area contributed by atoms with Crippen LogP contribution in [0.2, 0.25) is 0 Å². The molecule has 0 radical (unpaired) electrons. The van der Waals surface area contributed by atoms with Crippen LogP contribution in [-0.2, 0) is 26.2 Å². The summed E-state index contributed by atoms with van der Waals surface area (Å²) in [7, 11) is -3.49. The molecule has 36 heavy (non-hydrogen) atoms. The summed E-state index contributed by atoms with van der Waals surface area (Å²) < 4.78 is 26.1. The average Bonchev–Trinajstić information content (AvgIpc) is 2.87. The molecule has 2 aromatic rings. The number of hydrogen-bond acceptors (Lipinski definition) is 4. The number of hydrogen-bond donors (Lipinski definition) is 1. The number of benzene rings is 2. The number of anilines is 1. The summed E-state index contributed by atoms with van der Waals surface area (Å²) in [6.45, 7) is 2.46. The Morgan fingerprint density at radius 2 is 1.58 bits per heavy atom. The lowest BCUT2D eigenvalue weighted by atomic mass is 9.95. The van der Waals surface area contributed by atoms with E-state index in [1.165, 1.54) is 17.0 Å². The van der Waals surface area contributed by atoms with E-state index in [4.69, 9.17) is 0 Å². The van der Waals surface area contributed by atoms with E-state index in [9.17, 15) is 18.0 Å². The Hall–Kier alpha value is -2.87. The number of sulfonamides is 1. The first kappa shape index (κ1) is 27.7. The Morgan fingerprint density at radius 1 is 0.972 bits per heavy atom. The van der Waals surface area contributed by atoms with Gasteiger partial charge in [0.25, 0.3) is 0 Å². The van der Waals surface area contributed by atoms with Crippen molar-refractivity contribution >= 4 is 27.5 Å². The Kier molecular flexibility index (Phi) is 10.3. The smallest absolute Gasteiger partial charge is 0.243 e. The third kappa shape index (κ3) is 8.08. The molecule has 196 valence electrons. The highest BCUT2D eigenvalue weighted by Gasteiger charge is 2.30. The van der Waals surface area contributed by atoms with Crippen LogP contribution in [0.1, 0.15) is 63.9 Å². The molecule has 0 saturated heterocycles. The van der Waals surface area contributed by atoms with Gasteiger partial charge in [0.05, 0.1) is 11.9 Å². The van der Waals surface area contributed by atoms with E-state index in [0.717, 1.165) is 31.2 Å². The maximum absolute atomic E-state index is 13.5. The Bertz CT molecular complexity index is 1070. The van der Waals surface area contributed by atoms with Crippen molar-refractivity contribution in [3.63, 3.8) is 0 Å². The van der Waals surface area contributed by atoms with Crippen LogP contribution in [0, 0.1) is 0 Å². The maximum atomic E-state index is 13.5. The molecule has 1 saturated carbocycles. The monoisotopic (exact) mass is 513 g/mol. The minimum Gasteiger partial charge on any atom is -0.352 e. The van der Waals surface area contributed by atoms with E-state index < -0.39 is 16.1 Å². The number of nitrogens with zero attached hydrogens (tertiary/aromatic N) is 2. The first-order chi connectivity index (χ1) is 17.3. The van der Waals surface area contributed by atoms with Crippen LogP contribution in [-0.4, -0.2) is 50.0 Å². The van der Waals surface area contributed by atoms with Crippen molar-refractivity contribution in [3.8, 4) is 0 Å². The molecule has 0 aromatic heterocycles. The first-order valence-electron chi connectivity index (χ1n) is 13.0. The van der Waals surface area contributed by atoms with Crippen LogP contribution in [0.4, 0.5) is 5.69 Å². The molecule has 1 atom stereocenters. The summed E-state index contributed by atoms with van der Waals surface area (Å²) in [5.74, 6) is -0.248. The Labute approximate surface area is 215 Å². The topological polar surface area (TPSA) is 86.8 Å². The molecule has 1 N–H and O–H groups in total. The molecule has 8 heteroatoms. The van der Waals surface area contributed by atoms with Gasteiger partial charge in [0.2, 0.25) is 21.8 Å². The zero-order valence-electron chi connectivity index (χ0n) is 21.4. The molecule has 1 fully saturated rings. The molecule has 0 spiro atoms. The quantitative estimate of drug-likeness (QED) is 0.453. The van der Waals surface area contributed by atoms with Gasteiger partial charge >= 0.3 is 0 Å². The highest BCUT2D eigenvalue weighted by molar-refractivity contribution is 7.92. The lowest BCUT2D eigenvalue weighted by Gasteiger charge is -2.33. The normalized spacial score (nSPS) is 15.2. The van der Waals surface area contributed by atoms with Crippen molar-refractivity contribution in [1.29, 1.82) is 0 Å². The summed E-state index contributed by atoms with van der Waals surface area (Å²) in [5, 5.41) is 3.19. The SMILES string of the molecule is CCC(C(=O)NC1CCCCC1)N(Cc1ccccc1)C(=O)CCCN(c1ccccc1)S(C)(=O)=O. The fourth-order valence-electron chi connectivity index (χ4n) is 4.84. The number of rotatable bonds is 12. The van der Waals surface area contributed by atoms with Crippen molar-refractivity contribution < 1.29 is 18.0 Å². The number of amides is 2. The molecule has 2 aromatic carbocycles. The summed E-state index contributed by atoms with van der Waals surface area (Å²) in [6.07, 6.45) is 7.59. The van der Waals surface area contributed by atoms with Gasteiger partial charge < -0.3 is 10.2 Å². The van der Waals surface area contributed by atoms with Gasteiger partial charge in [-0.1, -0.05) is 74.7 Å². The standard InChI is InChI=1S/C28H39N3O4S/c1-3-26(28(33)29-24-16-9-5-10-17-24)30(22-23-14-7-4-8-15-23)27(32)20-13-21-31(36(2,34)35)25-18-11-6-12-19-25/h4,6-8,11-12,14-15,18-19,24,26H,3,5,9-10,13,16-17,20-22H2,1-2H3,(H,29,33). The summed E-state index contributed by atoms with van der Waals surface area (Å²) in [5.41, 5.74) is 1.53. The van der Waals surface area contributed by atoms with Gasteiger partial charge in [-0.25, -0.2) is 8.42 Å². The minimum absolute atomic E-state index is 0.101. The predicted octanol–water partition coefficient (Wildman–Crippen LogP) is 4.49. The van der Waals surface area contributed by atoms with Crippen LogP contribution in [0.25, 0.3) is 0 Å². The zero-order chi connectivity index (χ0) is 26.0. The molecule has 0 heterocycles. The van der Waals surface area contributed by atoms with Crippen LogP contribution < -0.4 is 9.62 Å². The molecule has 0 aliphatic heterocycles. The second kappa shape index (κ2) is 13.4. The minimum atomic E-state index is -3.49. The predicted molar refractivity (Wildman–Crippen MR) is 144 cm³/mol. The van der Waals surface area contributed by atoms with E-state index in [0.29, 0.717) is 25.1 Å². The van der Waals surface area contributed by atoms with E-state index in [1.54, 1.807) is 29.2 Å². The van der Waals surface area contributed by atoms with Crippen molar-refractivity contribution in [2.75, 3.05) is 17.1 Å². The fraction of sp³-hybridized carbons (Fsp3) is 0.500. The van der Waals surface area contributed by atoms with E-state index in [1.807, 2.05) is 43.3 Å². The van der Waals surface area contributed by atoms with Crippen molar-refractivity contribution in [3.05, 3.63) is 66.2 Å². The number of nitrogens with one attached hydrogen (secondary N) is 1. The lowest BCUT2D eigenvalue weighted by Crippen LogP contribution is -2.51. The number of carbonyl (C=O) groups excluding carboxylic acids is 2. The molecule has 2 amide bonds. The van der Waals surface area contributed by atoms with Gasteiger partial charge in [-0.05, 0) is 43.4 Å². The molecule has 1 unspecified atom stereocenters. The lowest BCUT2D eigenvalue weighted by molar-refractivity contribution is -0.141. The van der Waals surface area contributed by atoms with Crippen LogP contribution in [0.15, 0.2) is 60.7 Å². The molecule has 7 nitrogen and oxygen atoms in total. The maximum Gasteiger partial charge on any atom is 0.243 e. The summed E-state index contributed by atoms with van der Waals surface area (Å²) in [4.78, 5) is 28.4. The Balaban J connectivity index is 1.72. The van der Waals surface area contributed by atoms with E-state index in [2.05, 4.69) is 5.32 Å². The van der Waals surface area contributed by atoms with Gasteiger partial charge in [-0.15, -0.1) is 0 Å². The molecule has 0 bridgehead atoms. The van der Waals surface area contributed by atoms with E-state index in [-0.39, 0.29) is 30.8 Å². The van der Waals surface area contributed by atoms with Gasteiger partial charge in [-0.2, -0.15) is 0 Å². The third-order valence-electron chi connectivity index (χ3n) is 6.73. The van der Waals surface area contributed by atoms with Gasteiger partial charge in [0.1, 0.15) is 6.04 Å². The first-order valence-corrected chi connectivity index (χ1v) is 14.8. The van der Waals surface area contributed by atoms with Gasteiger partial charge in [0.15, 0.2) is 0 Å². The highest BCUT2D eigenvalue weighted by atomic mass is 32.2. The van der Waals surface area contributed by atoms with Gasteiger partial charge in [-0.3, -0.25) is 13.9 Å².